The zero-order valence-electron chi connectivity index (χ0n) is 26.4. The van der Waals surface area contributed by atoms with Crippen LogP contribution in [-0.4, -0.2) is 9.13 Å². The van der Waals surface area contributed by atoms with Gasteiger partial charge in [-0.2, -0.15) is 0 Å². The lowest BCUT2D eigenvalue weighted by Gasteiger charge is -2.11. The summed E-state index contributed by atoms with van der Waals surface area (Å²) in [6.45, 7) is 0. The molecule has 0 unspecified atom stereocenters. The number of allylic oxidation sites excluding steroid dienone is 12. The van der Waals surface area contributed by atoms with E-state index in [4.69, 9.17) is 0 Å². The summed E-state index contributed by atoms with van der Waals surface area (Å²) in [6.07, 6.45) is 23.0. The van der Waals surface area contributed by atoms with Crippen molar-refractivity contribution in [2.24, 2.45) is 0 Å². The molecule has 8 aromatic rings. The standard InChI is InChI=1S/C46H32N2/c1-2-4-6-11-19-35(20-12-7-5-3-1)47-41-23-15-13-21-39(41)45-37-30-32-44-46(38(37)29-31-43(45)47)40-22-14-16-24-42(40)48(44)36-27-25-34(26-28-36)33-17-9-8-10-18-33/h1-32H/b2-1+,3-1?,4-2?,5-3?,6-4+,7-5?,11-6?,12-7?,19-11-,20-12?,35-19?,35-20+. The lowest BCUT2D eigenvalue weighted by Crippen LogP contribution is -1.95. The van der Waals surface area contributed by atoms with E-state index < -0.39 is 0 Å². The van der Waals surface area contributed by atoms with E-state index in [0.717, 1.165) is 11.4 Å². The molecule has 2 heterocycles. The van der Waals surface area contributed by atoms with Crippen LogP contribution in [0.1, 0.15) is 0 Å². The van der Waals surface area contributed by atoms with Gasteiger partial charge in [0.25, 0.3) is 0 Å². The minimum atomic E-state index is 1.11. The largest absolute Gasteiger partial charge is 0.309 e. The Labute approximate surface area is 279 Å². The van der Waals surface area contributed by atoms with Gasteiger partial charge in [-0.15, -0.1) is 0 Å². The third-order valence-electron chi connectivity index (χ3n) is 9.38. The maximum absolute atomic E-state index is 2.41. The maximum atomic E-state index is 2.41. The fourth-order valence-corrected chi connectivity index (χ4v) is 7.29. The first-order valence-electron chi connectivity index (χ1n) is 16.5. The predicted molar refractivity (Wildman–Crippen MR) is 207 cm³/mol. The van der Waals surface area contributed by atoms with Crippen LogP contribution in [0.2, 0.25) is 0 Å². The van der Waals surface area contributed by atoms with Crippen molar-refractivity contribution in [2.75, 3.05) is 0 Å². The van der Waals surface area contributed by atoms with Crippen LogP contribution in [-0.2, 0) is 0 Å². The summed E-state index contributed by atoms with van der Waals surface area (Å²) in [5, 5.41) is 7.60. The topological polar surface area (TPSA) is 9.86 Å². The second kappa shape index (κ2) is 11.8. The van der Waals surface area contributed by atoms with Gasteiger partial charge in [0.15, 0.2) is 0 Å². The van der Waals surface area contributed by atoms with Crippen molar-refractivity contribution < 1.29 is 0 Å². The number of benzene rings is 6. The summed E-state index contributed by atoms with van der Waals surface area (Å²) in [5.41, 5.74) is 9.52. The number of para-hydroxylation sites is 2. The van der Waals surface area contributed by atoms with E-state index in [-0.39, 0.29) is 0 Å². The third-order valence-corrected chi connectivity index (χ3v) is 9.38. The molecule has 0 amide bonds. The van der Waals surface area contributed by atoms with Crippen LogP contribution in [0, 0.1) is 0 Å². The fourth-order valence-electron chi connectivity index (χ4n) is 7.29. The van der Waals surface area contributed by atoms with Gasteiger partial charge in [0.1, 0.15) is 0 Å². The van der Waals surface area contributed by atoms with Crippen molar-refractivity contribution in [3.8, 4) is 16.8 Å². The quantitative estimate of drug-likeness (QED) is 0.188. The molecule has 0 fully saturated rings. The SMILES string of the molecule is C1=C/C=C/C=C/C=C\C(n2c3ccccc3c3c4ccc5c(c4ccc32)c2ccccc2n5-c2ccc(-c3ccccc3)cc2)=C/C=C1. The Morgan fingerprint density at radius 3 is 1.46 bits per heavy atom. The first-order valence-corrected chi connectivity index (χ1v) is 16.5. The van der Waals surface area contributed by atoms with Crippen LogP contribution >= 0.6 is 0 Å². The van der Waals surface area contributed by atoms with E-state index in [1.165, 1.54) is 65.5 Å². The zero-order valence-corrected chi connectivity index (χ0v) is 26.4. The minimum Gasteiger partial charge on any atom is -0.309 e. The molecular formula is C46H32N2. The normalized spacial score (nSPS) is 16.6. The smallest absolute Gasteiger partial charge is 0.0547 e. The molecule has 48 heavy (non-hydrogen) atoms. The van der Waals surface area contributed by atoms with E-state index in [2.05, 4.69) is 185 Å². The lowest BCUT2D eigenvalue weighted by molar-refractivity contribution is 1.18. The van der Waals surface area contributed by atoms with Crippen molar-refractivity contribution in [3.05, 3.63) is 194 Å². The number of nitrogens with zero attached hydrogens (tertiary/aromatic N) is 2. The average Bonchev–Trinajstić information content (AvgIpc) is 3.66. The third kappa shape index (κ3) is 4.58. The highest BCUT2D eigenvalue weighted by atomic mass is 15.0. The van der Waals surface area contributed by atoms with Gasteiger partial charge in [-0.3, -0.25) is 0 Å². The summed E-state index contributed by atoms with van der Waals surface area (Å²) < 4.78 is 4.81. The van der Waals surface area contributed by atoms with Crippen molar-refractivity contribution >= 4 is 60.1 Å². The molecule has 2 heteroatoms. The number of aromatic nitrogens is 2. The van der Waals surface area contributed by atoms with Gasteiger partial charge in [0.05, 0.1) is 22.1 Å². The number of hydrogen-bond acceptors (Lipinski definition) is 0. The predicted octanol–water partition coefficient (Wildman–Crippen LogP) is 12.3. The molecule has 226 valence electrons. The van der Waals surface area contributed by atoms with E-state index in [9.17, 15) is 0 Å². The van der Waals surface area contributed by atoms with Gasteiger partial charge in [0.2, 0.25) is 0 Å². The number of hydrogen-bond donors (Lipinski definition) is 0. The molecule has 0 bridgehead atoms. The highest BCUT2D eigenvalue weighted by Crippen LogP contribution is 2.42. The summed E-state index contributed by atoms with van der Waals surface area (Å²) in [4.78, 5) is 0. The highest BCUT2D eigenvalue weighted by molar-refractivity contribution is 6.29. The molecule has 0 atom stereocenters. The molecule has 0 saturated heterocycles. The number of rotatable bonds is 3. The van der Waals surface area contributed by atoms with Crippen LogP contribution in [0.5, 0.6) is 0 Å². The second-order valence-electron chi connectivity index (χ2n) is 12.1. The summed E-state index contributed by atoms with van der Waals surface area (Å²) in [5.74, 6) is 0. The molecule has 0 spiro atoms. The van der Waals surface area contributed by atoms with Crippen molar-refractivity contribution in [3.63, 3.8) is 0 Å². The molecule has 1 aliphatic rings. The first-order chi connectivity index (χ1) is 23.9. The molecule has 0 saturated carbocycles. The molecule has 0 N–H and O–H groups in total. The van der Waals surface area contributed by atoms with E-state index in [1.807, 2.05) is 18.2 Å². The maximum Gasteiger partial charge on any atom is 0.0547 e. The minimum absolute atomic E-state index is 1.11. The molecule has 2 aromatic heterocycles. The summed E-state index contributed by atoms with van der Waals surface area (Å²) >= 11 is 0. The molecule has 0 radical (unpaired) electrons. The first kappa shape index (κ1) is 27.9. The van der Waals surface area contributed by atoms with Crippen molar-refractivity contribution in [1.29, 1.82) is 0 Å². The highest BCUT2D eigenvalue weighted by Gasteiger charge is 2.19. The number of fused-ring (bicyclic) bond motifs is 9. The van der Waals surface area contributed by atoms with Crippen LogP contribution in [0.25, 0.3) is 76.9 Å². The molecule has 9 rings (SSSR count). The van der Waals surface area contributed by atoms with Crippen molar-refractivity contribution in [1.82, 2.24) is 9.13 Å². The van der Waals surface area contributed by atoms with Crippen LogP contribution < -0.4 is 0 Å². The Balaban J connectivity index is 1.29. The Morgan fingerprint density at radius 2 is 0.812 bits per heavy atom. The second-order valence-corrected chi connectivity index (χ2v) is 12.1. The van der Waals surface area contributed by atoms with Crippen LogP contribution in [0.3, 0.4) is 0 Å². The van der Waals surface area contributed by atoms with E-state index >= 15 is 0 Å². The van der Waals surface area contributed by atoms with E-state index in [1.54, 1.807) is 0 Å². The van der Waals surface area contributed by atoms with Crippen LogP contribution in [0.4, 0.5) is 0 Å². The van der Waals surface area contributed by atoms with Crippen LogP contribution in [0.15, 0.2) is 194 Å². The Kier molecular flexibility index (Phi) is 6.84. The molecule has 1 aliphatic carbocycles. The summed E-state index contributed by atoms with van der Waals surface area (Å²) in [6, 6.07) is 46.4. The van der Waals surface area contributed by atoms with Gasteiger partial charge < -0.3 is 9.13 Å². The zero-order chi connectivity index (χ0) is 31.9. The van der Waals surface area contributed by atoms with Gasteiger partial charge in [0, 0.05) is 32.9 Å². The Bertz CT molecular complexity index is 2690. The Morgan fingerprint density at radius 1 is 0.312 bits per heavy atom. The van der Waals surface area contributed by atoms with Gasteiger partial charge in [-0.05, 0) is 70.4 Å². The van der Waals surface area contributed by atoms with Gasteiger partial charge in [-0.1, -0.05) is 146 Å². The van der Waals surface area contributed by atoms with Gasteiger partial charge in [-0.25, -0.2) is 0 Å². The molecule has 0 aliphatic heterocycles. The average molecular weight is 613 g/mol. The molecule has 6 aromatic carbocycles. The van der Waals surface area contributed by atoms with E-state index in [0.29, 0.717) is 0 Å². The Hall–Kier alpha value is -6.38. The molecular weight excluding hydrogens is 581 g/mol. The monoisotopic (exact) mass is 612 g/mol. The summed E-state index contributed by atoms with van der Waals surface area (Å²) in [7, 11) is 0. The lowest BCUT2D eigenvalue weighted by atomic mass is 9.99. The van der Waals surface area contributed by atoms with Gasteiger partial charge >= 0.3 is 0 Å². The van der Waals surface area contributed by atoms with Crippen molar-refractivity contribution in [2.45, 2.75) is 0 Å². The molecule has 2 nitrogen and oxygen atoms in total. The fraction of sp³-hybridized carbons (Fsp3) is 0.